The minimum absolute atomic E-state index is 0.235. The molecule has 0 aliphatic rings. The van der Waals surface area contributed by atoms with Gasteiger partial charge in [-0.1, -0.05) is 0 Å². The molecule has 0 spiro atoms. The average Bonchev–Trinajstić information content (AvgIpc) is 3.04. The Morgan fingerprint density at radius 3 is 2.61 bits per heavy atom. The van der Waals surface area contributed by atoms with Crippen molar-refractivity contribution in [2.24, 2.45) is 5.73 Å². The van der Waals surface area contributed by atoms with Crippen LogP contribution in [0.5, 0.6) is 0 Å². The molecule has 3 rings (SSSR count). The molecule has 3 aromatic rings. The molecule has 2 aromatic heterocycles. The number of sulfonamides is 1. The molecule has 0 bridgehead atoms. The zero-order valence-corrected chi connectivity index (χ0v) is 14.1. The normalized spacial score (nSPS) is 11.7. The third-order valence-corrected chi connectivity index (χ3v) is 6.50. The highest BCUT2D eigenvalue weighted by Gasteiger charge is 2.20. The molecule has 0 radical (unpaired) electrons. The number of H-pyrrole nitrogens is 1. The zero-order chi connectivity index (χ0) is 16.8. The number of hydrogen-bond donors (Lipinski definition) is 3. The molecule has 2 heterocycles. The van der Waals surface area contributed by atoms with Crippen LogP contribution in [0.1, 0.15) is 21.6 Å². The number of fused-ring (bicyclic) bond motifs is 1. The highest BCUT2D eigenvalue weighted by Crippen LogP contribution is 2.30. The predicted octanol–water partition coefficient (Wildman–Crippen LogP) is 2.75. The van der Waals surface area contributed by atoms with E-state index in [-0.39, 0.29) is 9.90 Å². The molecule has 0 aliphatic carbocycles. The lowest BCUT2D eigenvalue weighted by Crippen LogP contribution is -2.13. The number of nitrogens with two attached hydrogens (primary N) is 1. The maximum absolute atomic E-state index is 12.6. The third kappa shape index (κ3) is 2.82. The number of aryl methyl sites for hydroxylation is 2. The highest BCUT2D eigenvalue weighted by molar-refractivity contribution is 7.94. The molecule has 8 heteroatoms. The van der Waals surface area contributed by atoms with E-state index >= 15 is 0 Å². The lowest BCUT2D eigenvalue weighted by molar-refractivity contribution is 0.0996. The Morgan fingerprint density at radius 1 is 1.26 bits per heavy atom. The number of aromatic amines is 1. The summed E-state index contributed by atoms with van der Waals surface area (Å²) < 4.78 is 28.0. The van der Waals surface area contributed by atoms with Crippen molar-refractivity contribution in [2.75, 3.05) is 4.72 Å². The minimum atomic E-state index is -3.69. The van der Waals surface area contributed by atoms with E-state index < -0.39 is 15.9 Å². The molecule has 0 saturated carbocycles. The van der Waals surface area contributed by atoms with Crippen LogP contribution in [0.3, 0.4) is 0 Å². The number of thiophene rings is 1. The Labute approximate surface area is 137 Å². The van der Waals surface area contributed by atoms with Gasteiger partial charge in [-0.15, -0.1) is 11.3 Å². The number of amides is 1. The van der Waals surface area contributed by atoms with Gasteiger partial charge in [-0.25, -0.2) is 8.42 Å². The fourth-order valence-electron chi connectivity index (χ4n) is 2.43. The average molecular weight is 349 g/mol. The maximum Gasteiger partial charge on any atom is 0.271 e. The predicted molar refractivity (Wildman–Crippen MR) is 91.4 cm³/mol. The second-order valence-electron chi connectivity index (χ2n) is 5.32. The molecule has 23 heavy (non-hydrogen) atoms. The van der Waals surface area contributed by atoms with Crippen molar-refractivity contribution in [3.8, 4) is 0 Å². The second-order valence-corrected chi connectivity index (χ2v) is 8.11. The van der Waals surface area contributed by atoms with Crippen molar-refractivity contribution in [1.29, 1.82) is 0 Å². The first-order valence-electron chi connectivity index (χ1n) is 6.78. The van der Waals surface area contributed by atoms with E-state index in [4.69, 9.17) is 5.73 Å². The van der Waals surface area contributed by atoms with E-state index in [2.05, 4.69) is 9.71 Å². The number of carbonyl (C=O) groups is 1. The van der Waals surface area contributed by atoms with Crippen molar-refractivity contribution in [3.05, 3.63) is 46.5 Å². The summed E-state index contributed by atoms with van der Waals surface area (Å²) in [5, 5.41) is 2.45. The van der Waals surface area contributed by atoms with Crippen LogP contribution in [-0.4, -0.2) is 19.3 Å². The van der Waals surface area contributed by atoms with Gasteiger partial charge in [-0.05, 0) is 54.6 Å². The number of hydrogen-bond acceptors (Lipinski definition) is 4. The van der Waals surface area contributed by atoms with Gasteiger partial charge in [0.05, 0.1) is 11.2 Å². The van der Waals surface area contributed by atoms with Gasteiger partial charge in [0.25, 0.3) is 15.9 Å². The number of nitrogens with one attached hydrogen (secondary N) is 2. The van der Waals surface area contributed by atoms with Crippen LogP contribution in [0.25, 0.3) is 10.9 Å². The molecular weight excluding hydrogens is 334 g/mol. The zero-order valence-electron chi connectivity index (χ0n) is 12.5. The summed E-state index contributed by atoms with van der Waals surface area (Å²) >= 11 is 1.16. The van der Waals surface area contributed by atoms with Crippen molar-refractivity contribution in [1.82, 2.24) is 4.98 Å². The Bertz CT molecular complexity index is 1020. The molecule has 0 atom stereocenters. The standard InChI is InChI=1S/C15H15N3O3S2/c1-8-5-10-7-12(14(16)19)17-13(10)11(6-8)18-23(20,21)15-9(2)3-4-22-15/h3-7,17-18H,1-2H3,(H2,16,19). The SMILES string of the molecule is Cc1cc(NS(=O)(=O)c2sccc2C)c2[nH]c(C(N)=O)cc2c1. The van der Waals surface area contributed by atoms with Gasteiger partial charge in [-0.2, -0.15) is 0 Å². The van der Waals surface area contributed by atoms with Crippen molar-refractivity contribution >= 4 is 43.9 Å². The van der Waals surface area contributed by atoms with E-state index in [0.29, 0.717) is 16.8 Å². The Kier molecular flexibility index (Phi) is 3.65. The smallest absolute Gasteiger partial charge is 0.271 e. The summed E-state index contributed by atoms with van der Waals surface area (Å²) in [5.74, 6) is -0.596. The lowest BCUT2D eigenvalue weighted by atomic mass is 10.1. The van der Waals surface area contributed by atoms with Crippen molar-refractivity contribution < 1.29 is 13.2 Å². The first-order valence-corrected chi connectivity index (χ1v) is 9.14. The van der Waals surface area contributed by atoms with Gasteiger partial charge in [0.15, 0.2) is 0 Å². The molecule has 120 valence electrons. The van der Waals surface area contributed by atoms with E-state index in [1.54, 1.807) is 30.5 Å². The number of carbonyl (C=O) groups excluding carboxylic acids is 1. The quantitative estimate of drug-likeness (QED) is 0.674. The largest absolute Gasteiger partial charge is 0.364 e. The fraction of sp³-hybridized carbons (Fsp3) is 0.133. The summed E-state index contributed by atoms with van der Waals surface area (Å²) in [7, 11) is -3.69. The van der Waals surface area contributed by atoms with Crippen molar-refractivity contribution in [2.45, 2.75) is 18.1 Å². The molecular formula is C15H15N3O3S2. The molecule has 0 saturated heterocycles. The highest BCUT2D eigenvalue weighted by atomic mass is 32.2. The van der Waals surface area contributed by atoms with Crippen LogP contribution >= 0.6 is 11.3 Å². The van der Waals surface area contributed by atoms with E-state index in [0.717, 1.165) is 22.3 Å². The van der Waals surface area contributed by atoms with Crippen LogP contribution < -0.4 is 10.5 Å². The Hall–Kier alpha value is -2.32. The van der Waals surface area contributed by atoms with E-state index in [1.807, 2.05) is 13.0 Å². The first kappa shape index (κ1) is 15.6. The van der Waals surface area contributed by atoms with E-state index in [1.165, 1.54) is 0 Å². The molecule has 4 N–H and O–H groups in total. The molecule has 0 fully saturated rings. The van der Waals surface area contributed by atoms with Crippen LogP contribution in [0.4, 0.5) is 5.69 Å². The monoisotopic (exact) mass is 349 g/mol. The number of primary amides is 1. The van der Waals surface area contributed by atoms with Crippen LogP contribution in [-0.2, 0) is 10.0 Å². The number of anilines is 1. The molecule has 1 aromatic carbocycles. The van der Waals surface area contributed by atoms with Gasteiger partial charge in [-0.3, -0.25) is 9.52 Å². The second kappa shape index (κ2) is 5.39. The number of aromatic nitrogens is 1. The molecule has 0 aliphatic heterocycles. The third-order valence-electron chi connectivity index (χ3n) is 3.44. The van der Waals surface area contributed by atoms with Gasteiger partial charge >= 0.3 is 0 Å². The lowest BCUT2D eigenvalue weighted by Gasteiger charge is -2.09. The number of benzene rings is 1. The summed E-state index contributed by atoms with van der Waals surface area (Å²) in [6.07, 6.45) is 0. The maximum atomic E-state index is 12.6. The Morgan fingerprint density at radius 2 is 2.00 bits per heavy atom. The molecule has 6 nitrogen and oxygen atoms in total. The van der Waals surface area contributed by atoms with Crippen LogP contribution in [0.2, 0.25) is 0 Å². The fourth-order valence-corrected chi connectivity index (χ4v) is 4.92. The topological polar surface area (TPSA) is 105 Å². The van der Waals surface area contributed by atoms with Crippen molar-refractivity contribution in [3.63, 3.8) is 0 Å². The van der Waals surface area contributed by atoms with Gasteiger partial charge < -0.3 is 10.7 Å². The van der Waals surface area contributed by atoms with Crippen LogP contribution in [0.15, 0.2) is 33.9 Å². The van der Waals surface area contributed by atoms with Crippen LogP contribution in [0, 0.1) is 13.8 Å². The summed E-state index contributed by atoms with van der Waals surface area (Å²) in [4.78, 5) is 14.2. The molecule has 0 unspecified atom stereocenters. The molecule has 1 amide bonds. The summed E-state index contributed by atoms with van der Waals surface area (Å²) in [5.41, 5.74) is 8.00. The van der Waals surface area contributed by atoms with Gasteiger partial charge in [0.2, 0.25) is 0 Å². The van der Waals surface area contributed by atoms with E-state index in [9.17, 15) is 13.2 Å². The summed E-state index contributed by atoms with van der Waals surface area (Å²) in [6.45, 7) is 3.60. The Balaban J connectivity index is 2.13. The summed E-state index contributed by atoms with van der Waals surface area (Å²) in [6, 6.07) is 6.93. The first-order chi connectivity index (χ1) is 10.8. The van der Waals surface area contributed by atoms with Gasteiger partial charge in [0, 0.05) is 5.39 Å². The number of rotatable bonds is 4. The van der Waals surface area contributed by atoms with Gasteiger partial charge in [0.1, 0.15) is 9.90 Å². The minimum Gasteiger partial charge on any atom is -0.364 e.